The lowest BCUT2D eigenvalue weighted by atomic mass is 9.99. The zero-order valence-electron chi connectivity index (χ0n) is 10.6. The summed E-state index contributed by atoms with van der Waals surface area (Å²) in [5.74, 6) is 0.604. The van der Waals surface area contributed by atoms with Crippen LogP contribution in [-0.4, -0.2) is 37.6 Å². The fourth-order valence-electron chi connectivity index (χ4n) is 2.26. The zero-order valence-corrected chi connectivity index (χ0v) is 11.5. The van der Waals surface area contributed by atoms with E-state index in [0.29, 0.717) is 11.5 Å². The molecule has 1 amide bonds. The van der Waals surface area contributed by atoms with Crippen LogP contribution in [0.4, 0.5) is 0 Å². The fraction of sp³-hybridized carbons (Fsp3) is 0.500. The van der Waals surface area contributed by atoms with Crippen LogP contribution >= 0.6 is 12.6 Å². The van der Waals surface area contributed by atoms with Gasteiger partial charge in [0.15, 0.2) is 0 Å². The van der Waals surface area contributed by atoms with Gasteiger partial charge >= 0.3 is 0 Å². The number of nitrogens with zero attached hydrogens (tertiary/aromatic N) is 1. The number of benzene rings is 1. The Balaban J connectivity index is 1.98. The minimum atomic E-state index is 0.0482. The third-order valence-corrected chi connectivity index (χ3v) is 3.74. The Labute approximate surface area is 114 Å². The molecule has 0 aliphatic carbocycles. The van der Waals surface area contributed by atoms with E-state index >= 15 is 0 Å². The standard InChI is InChI=1S/C14H19NO2S/c1-15(10-11-6-8-17-9-7-11)14(16)12-4-2-3-5-13(12)18/h2-5,11,18H,6-10H2,1H3. The molecule has 1 aromatic rings. The summed E-state index contributed by atoms with van der Waals surface area (Å²) < 4.78 is 5.33. The molecule has 0 saturated carbocycles. The molecule has 0 aromatic heterocycles. The summed E-state index contributed by atoms with van der Waals surface area (Å²) in [7, 11) is 1.86. The van der Waals surface area contributed by atoms with Crippen molar-refractivity contribution in [3.8, 4) is 0 Å². The summed E-state index contributed by atoms with van der Waals surface area (Å²) in [6.07, 6.45) is 2.08. The van der Waals surface area contributed by atoms with Gasteiger partial charge in [0.05, 0.1) is 5.56 Å². The molecule has 1 heterocycles. The van der Waals surface area contributed by atoms with Gasteiger partial charge in [-0.1, -0.05) is 12.1 Å². The molecule has 0 atom stereocenters. The van der Waals surface area contributed by atoms with Crippen LogP contribution in [0.15, 0.2) is 29.2 Å². The Morgan fingerprint density at radius 2 is 2.06 bits per heavy atom. The molecule has 4 heteroatoms. The van der Waals surface area contributed by atoms with Gasteiger partial charge in [-0.2, -0.15) is 0 Å². The van der Waals surface area contributed by atoms with Crippen LogP contribution in [0.2, 0.25) is 0 Å². The van der Waals surface area contributed by atoms with Crippen LogP contribution in [-0.2, 0) is 4.74 Å². The number of hydrogen-bond acceptors (Lipinski definition) is 3. The summed E-state index contributed by atoms with van der Waals surface area (Å²) in [6.45, 7) is 2.43. The zero-order chi connectivity index (χ0) is 13.0. The molecule has 18 heavy (non-hydrogen) atoms. The SMILES string of the molecule is CN(CC1CCOCC1)C(=O)c1ccccc1S. The van der Waals surface area contributed by atoms with E-state index in [1.165, 1.54) is 0 Å². The van der Waals surface area contributed by atoms with E-state index < -0.39 is 0 Å². The highest BCUT2D eigenvalue weighted by Gasteiger charge is 2.20. The minimum Gasteiger partial charge on any atom is -0.381 e. The fourth-order valence-corrected chi connectivity index (χ4v) is 2.52. The number of amides is 1. The van der Waals surface area contributed by atoms with Crippen molar-refractivity contribution in [3.05, 3.63) is 29.8 Å². The third-order valence-electron chi connectivity index (χ3n) is 3.35. The quantitative estimate of drug-likeness (QED) is 0.851. The van der Waals surface area contributed by atoms with Gasteiger partial charge < -0.3 is 9.64 Å². The van der Waals surface area contributed by atoms with Crippen molar-refractivity contribution < 1.29 is 9.53 Å². The van der Waals surface area contributed by atoms with Crippen LogP contribution < -0.4 is 0 Å². The smallest absolute Gasteiger partial charge is 0.254 e. The van der Waals surface area contributed by atoms with E-state index in [9.17, 15) is 4.79 Å². The van der Waals surface area contributed by atoms with Gasteiger partial charge in [0.1, 0.15) is 0 Å². The number of hydrogen-bond donors (Lipinski definition) is 1. The van der Waals surface area contributed by atoms with E-state index in [4.69, 9.17) is 4.74 Å². The first kappa shape index (κ1) is 13.4. The molecule has 98 valence electrons. The average Bonchev–Trinajstić information content (AvgIpc) is 2.39. The molecular weight excluding hydrogens is 246 g/mol. The second kappa shape index (κ2) is 6.25. The number of thiol groups is 1. The van der Waals surface area contributed by atoms with Crippen molar-refractivity contribution in [2.75, 3.05) is 26.8 Å². The molecular formula is C14H19NO2S. The lowest BCUT2D eigenvalue weighted by Crippen LogP contribution is -2.34. The number of carbonyl (C=O) groups excluding carboxylic acids is 1. The number of ether oxygens (including phenoxy) is 1. The van der Waals surface area contributed by atoms with Crippen molar-refractivity contribution in [3.63, 3.8) is 0 Å². The summed E-state index contributed by atoms with van der Waals surface area (Å²) in [5, 5.41) is 0. The molecule has 3 nitrogen and oxygen atoms in total. The first-order valence-electron chi connectivity index (χ1n) is 6.29. The normalized spacial score (nSPS) is 16.6. The summed E-state index contributed by atoms with van der Waals surface area (Å²) in [5.41, 5.74) is 0.676. The molecule has 0 N–H and O–H groups in total. The van der Waals surface area contributed by atoms with Crippen LogP contribution in [0.3, 0.4) is 0 Å². The predicted octanol–water partition coefficient (Wildman–Crippen LogP) is 2.47. The second-order valence-corrected chi connectivity index (χ2v) is 5.24. The Hall–Kier alpha value is -1.00. The maximum atomic E-state index is 12.3. The highest BCUT2D eigenvalue weighted by molar-refractivity contribution is 7.80. The Morgan fingerprint density at radius 3 is 2.72 bits per heavy atom. The molecule has 0 bridgehead atoms. The topological polar surface area (TPSA) is 29.5 Å². The first-order valence-corrected chi connectivity index (χ1v) is 6.74. The van der Waals surface area contributed by atoms with E-state index in [-0.39, 0.29) is 5.91 Å². The highest BCUT2D eigenvalue weighted by Crippen LogP contribution is 2.19. The highest BCUT2D eigenvalue weighted by atomic mass is 32.1. The van der Waals surface area contributed by atoms with Gasteiger partial charge in [0, 0.05) is 31.7 Å². The van der Waals surface area contributed by atoms with Crippen molar-refractivity contribution in [2.45, 2.75) is 17.7 Å². The van der Waals surface area contributed by atoms with E-state index in [2.05, 4.69) is 12.6 Å². The molecule has 1 saturated heterocycles. The van der Waals surface area contributed by atoms with Crippen molar-refractivity contribution in [1.82, 2.24) is 4.90 Å². The molecule has 1 aromatic carbocycles. The van der Waals surface area contributed by atoms with E-state index in [0.717, 1.165) is 37.5 Å². The number of rotatable bonds is 3. The molecule has 1 fully saturated rings. The number of carbonyl (C=O) groups is 1. The Kier molecular flexibility index (Phi) is 4.66. The maximum Gasteiger partial charge on any atom is 0.254 e. The van der Waals surface area contributed by atoms with E-state index in [1.54, 1.807) is 4.90 Å². The Bertz CT molecular complexity index is 416. The molecule has 2 rings (SSSR count). The van der Waals surface area contributed by atoms with Gasteiger partial charge in [0.2, 0.25) is 0 Å². The summed E-state index contributed by atoms with van der Waals surface area (Å²) in [6, 6.07) is 7.43. The van der Waals surface area contributed by atoms with Gasteiger partial charge in [-0.15, -0.1) is 12.6 Å². The third kappa shape index (κ3) is 3.27. The van der Waals surface area contributed by atoms with Crippen molar-refractivity contribution in [2.24, 2.45) is 5.92 Å². The molecule has 0 radical (unpaired) electrons. The summed E-state index contributed by atoms with van der Waals surface area (Å²) >= 11 is 4.33. The lowest BCUT2D eigenvalue weighted by molar-refractivity contribution is 0.0496. The van der Waals surface area contributed by atoms with Gasteiger partial charge in [-0.25, -0.2) is 0 Å². The van der Waals surface area contributed by atoms with Crippen LogP contribution in [0.1, 0.15) is 23.2 Å². The lowest BCUT2D eigenvalue weighted by Gasteiger charge is -2.27. The van der Waals surface area contributed by atoms with Crippen LogP contribution in [0.5, 0.6) is 0 Å². The van der Waals surface area contributed by atoms with Crippen molar-refractivity contribution >= 4 is 18.5 Å². The second-order valence-electron chi connectivity index (χ2n) is 4.76. The Morgan fingerprint density at radius 1 is 1.39 bits per heavy atom. The minimum absolute atomic E-state index is 0.0482. The summed E-state index contributed by atoms with van der Waals surface area (Å²) in [4.78, 5) is 14.8. The predicted molar refractivity (Wildman–Crippen MR) is 74.2 cm³/mol. The first-order chi connectivity index (χ1) is 8.68. The van der Waals surface area contributed by atoms with Crippen LogP contribution in [0.25, 0.3) is 0 Å². The molecule has 1 aliphatic heterocycles. The monoisotopic (exact) mass is 265 g/mol. The van der Waals surface area contributed by atoms with Crippen LogP contribution in [0, 0.1) is 5.92 Å². The molecule has 1 aliphatic rings. The van der Waals surface area contributed by atoms with Gasteiger partial charge in [-0.3, -0.25) is 4.79 Å². The largest absolute Gasteiger partial charge is 0.381 e. The van der Waals surface area contributed by atoms with Crippen molar-refractivity contribution in [1.29, 1.82) is 0 Å². The maximum absolute atomic E-state index is 12.3. The molecule has 0 spiro atoms. The molecule has 0 unspecified atom stereocenters. The van der Waals surface area contributed by atoms with Gasteiger partial charge in [0.25, 0.3) is 5.91 Å². The van der Waals surface area contributed by atoms with Gasteiger partial charge in [-0.05, 0) is 30.9 Å². The average molecular weight is 265 g/mol. The van der Waals surface area contributed by atoms with E-state index in [1.807, 2.05) is 31.3 Å².